The molecule has 1 aliphatic heterocycles. The van der Waals surface area contributed by atoms with Crippen LogP contribution < -0.4 is 5.32 Å². The topological polar surface area (TPSA) is 66.4 Å². The molecule has 1 amide bonds. The van der Waals surface area contributed by atoms with E-state index in [0.29, 0.717) is 12.3 Å². The molecular weight excluding hydrogens is 194 g/mol. The number of carbonyl (C=O) groups excluding carboxylic acids is 1. The van der Waals surface area contributed by atoms with Crippen molar-refractivity contribution < 1.29 is 14.7 Å². The largest absolute Gasteiger partial charge is 0.481 e. The molecule has 0 aromatic heterocycles. The average Bonchev–Trinajstić information content (AvgIpc) is 2.93. The van der Waals surface area contributed by atoms with E-state index < -0.39 is 5.97 Å². The quantitative estimate of drug-likeness (QED) is 0.736. The van der Waals surface area contributed by atoms with E-state index in [1.165, 1.54) is 0 Å². The minimum atomic E-state index is -0.748. The second-order valence-corrected chi connectivity index (χ2v) is 4.68. The molecule has 15 heavy (non-hydrogen) atoms. The molecule has 0 unspecified atom stereocenters. The molecule has 84 valence electrons. The monoisotopic (exact) mass is 211 g/mol. The van der Waals surface area contributed by atoms with Crippen LogP contribution in [0.4, 0.5) is 0 Å². The molecule has 1 saturated carbocycles. The van der Waals surface area contributed by atoms with Gasteiger partial charge in [-0.25, -0.2) is 0 Å². The van der Waals surface area contributed by atoms with Gasteiger partial charge in [-0.05, 0) is 37.5 Å². The van der Waals surface area contributed by atoms with Crippen LogP contribution in [0.3, 0.4) is 0 Å². The normalized spacial score (nSPS) is 31.9. The van der Waals surface area contributed by atoms with E-state index in [2.05, 4.69) is 5.32 Å². The maximum atomic E-state index is 11.4. The van der Waals surface area contributed by atoms with Gasteiger partial charge >= 0.3 is 5.97 Å². The standard InChI is InChI=1S/C11H17NO3/c13-9-3-1-2-8(6-10(14)15)11(12-9)7-4-5-7/h7-8,11H,1-6H2,(H,12,13)(H,14,15)/t8-,11-/m1/s1. The van der Waals surface area contributed by atoms with Crippen LogP contribution in [-0.2, 0) is 9.59 Å². The summed E-state index contributed by atoms with van der Waals surface area (Å²) in [5.41, 5.74) is 0. The number of amides is 1. The van der Waals surface area contributed by atoms with E-state index in [-0.39, 0.29) is 24.3 Å². The molecule has 1 aliphatic carbocycles. The Kier molecular flexibility index (Phi) is 2.93. The van der Waals surface area contributed by atoms with Gasteiger partial charge in [0.15, 0.2) is 0 Å². The number of rotatable bonds is 3. The maximum Gasteiger partial charge on any atom is 0.303 e. The Balaban J connectivity index is 2.03. The third-order valence-corrected chi connectivity index (χ3v) is 3.38. The van der Waals surface area contributed by atoms with Gasteiger partial charge in [-0.3, -0.25) is 9.59 Å². The van der Waals surface area contributed by atoms with E-state index in [1.807, 2.05) is 0 Å². The summed E-state index contributed by atoms with van der Waals surface area (Å²) >= 11 is 0. The van der Waals surface area contributed by atoms with Crippen LogP contribution in [-0.4, -0.2) is 23.0 Å². The summed E-state index contributed by atoms with van der Waals surface area (Å²) in [5.74, 6) is 0.0273. The van der Waals surface area contributed by atoms with E-state index in [4.69, 9.17) is 5.11 Å². The van der Waals surface area contributed by atoms with Crippen molar-refractivity contribution in [2.45, 2.75) is 44.6 Å². The first-order valence-corrected chi connectivity index (χ1v) is 5.68. The second-order valence-electron chi connectivity index (χ2n) is 4.68. The number of carbonyl (C=O) groups is 2. The number of carboxylic acid groups (broad SMARTS) is 1. The first-order chi connectivity index (χ1) is 7.16. The average molecular weight is 211 g/mol. The van der Waals surface area contributed by atoms with Gasteiger partial charge in [0, 0.05) is 12.5 Å². The van der Waals surface area contributed by atoms with E-state index in [1.54, 1.807) is 0 Å². The summed E-state index contributed by atoms with van der Waals surface area (Å²) in [5, 5.41) is 11.8. The first-order valence-electron chi connectivity index (χ1n) is 5.68. The van der Waals surface area contributed by atoms with Crippen LogP contribution in [0.15, 0.2) is 0 Å². The van der Waals surface area contributed by atoms with Gasteiger partial charge < -0.3 is 10.4 Å². The molecule has 1 heterocycles. The minimum absolute atomic E-state index is 0.0970. The Morgan fingerprint density at radius 2 is 2.13 bits per heavy atom. The fourth-order valence-electron chi connectivity index (χ4n) is 2.49. The Labute approximate surface area is 89.0 Å². The van der Waals surface area contributed by atoms with Crippen molar-refractivity contribution in [1.82, 2.24) is 5.32 Å². The predicted octanol–water partition coefficient (Wildman–Crippen LogP) is 1.16. The number of carboxylic acids is 1. The molecule has 0 spiro atoms. The zero-order valence-electron chi connectivity index (χ0n) is 8.74. The van der Waals surface area contributed by atoms with Crippen molar-refractivity contribution >= 4 is 11.9 Å². The van der Waals surface area contributed by atoms with Gasteiger partial charge in [0.25, 0.3) is 0 Å². The first kappa shape index (κ1) is 10.5. The van der Waals surface area contributed by atoms with Crippen molar-refractivity contribution in [2.24, 2.45) is 11.8 Å². The molecule has 4 heteroatoms. The zero-order valence-corrected chi connectivity index (χ0v) is 8.74. The van der Waals surface area contributed by atoms with Gasteiger partial charge in [0.05, 0.1) is 6.42 Å². The third kappa shape index (κ3) is 2.70. The lowest BCUT2D eigenvalue weighted by Crippen LogP contribution is -2.40. The van der Waals surface area contributed by atoms with Gasteiger partial charge in [-0.15, -0.1) is 0 Å². The fourth-order valence-corrected chi connectivity index (χ4v) is 2.49. The molecule has 4 nitrogen and oxygen atoms in total. The molecule has 0 aromatic carbocycles. The molecule has 0 bridgehead atoms. The summed E-state index contributed by atoms with van der Waals surface area (Å²) in [6.45, 7) is 0. The molecule has 2 N–H and O–H groups in total. The summed E-state index contributed by atoms with van der Waals surface area (Å²) in [4.78, 5) is 22.1. The zero-order chi connectivity index (χ0) is 10.8. The van der Waals surface area contributed by atoms with Crippen LogP contribution in [0.25, 0.3) is 0 Å². The van der Waals surface area contributed by atoms with Crippen LogP contribution >= 0.6 is 0 Å². The number of nitrogens with one attached hydrogen (secondary N) is 1. The van der Waals surface area contributed by atoms with Crippen molar-refractivity contribution in [3.05, 3.63) is 0 Å². The van der Waals surface area contributed by atoms with Crippen LogP contribution in [0, 0.1) is 11.8 Å². The predicted molar refractivity (Wildman–Crippen MR) is 54.2 cm³/mol. The SMILES string of the molecule is O=C(O)C[C@H]1CCCC(=O)N[C@@H]1C1CC1. The lowest BCUT2D eigenvalue weighted by Gasteiger charge is -2.24. The second kappa shape index (κ2) is 4.21. The number of aliphatic carboxylic acids is 1. The molecule has 2 aliphatic rings. The van der Waals surface area contributed by atoms with E-state index in [9.17, 15) is 9.59 Å². The molecule has 2 atom stereocenters. The molecule has 2 fully saturated rings. The van der Waals surface area contributed by atoms with E-state index in [0.717, 1.165) is 25.7 Å². The Morgan fingerprint density at radius 1 is 1.40 bits per heavy atom. The molecule has 1 saturated heterocycles. The van der Waals surface area contributed by atoms with Gasteiger partial charge in [0.2, 0.25) is 5.91 Å². The Bertz CT molecular complexity index is 273. The van der Waals surface area contributed by atoms with Gasteiger partial charge in [0.1, 0.15) is 0 Å². The van der Waals surface area contributed by atoms with Gasteiger partial charge in [-0.2, -0.15) is 0 Å². The van der Waals surface area contributed by atoms with Gasteiger partial charge in [-0.1, -0.05) is 0 Å². The highest BCUT2D eigenvalue weighted by atomic mass is 16.4. The summed E-state index contributed by atoms with van der Waals surface area (Å²) in [6.07, 6.45) is 4.72. The smallest absolute Gasteiger partial charge is 0.303 e. The van der Waals surface area contributed by atoms with Crippen molar-refractivity contribution in [2.75, 3.05) is 0 Å². The van der Waals surface area contributed by atoms with Crippen molar-refractivity contribution in [3.8, 4) is 0 Å². The molecule has 2 rings (SSSR count). The van der Waals surface area contributed by atoms with Crippen molar-refractivity contribution in [3.63, 3.8) is 0 Å². The maximum absolute atomic E-state index is 11.4. The lowest BCUT2D eigenvalue weighted by molar-refractivity contribution is -0.138. The van der Waals surface area contributed by atoms with Crippen LogP contribution in [0.5, 0.6) is 0 Å². The molecule has 0 aromatic rings. The summed E-state index contributed by atoms with van der Waals surface area (Å²) < 4.78 is 0. The van der Waals surface area contributed by atoms with E-state index >= 15 is 0 Å². The highest BCUT2D eigenvalue weighted by Crippen LogP contribution is 2.39. The minimum Gasteiger partial charge on any atom is -0.481 e. The summed E-state index contributed by atoms with van der Waals surface area (Å²) in [7, 11) is 0. The lowest BCUT2D eigenvalue weighted by atomic mass is 9.89. The van der Waals surface area contributed by atoms with Crippen LogP contribution in [0.2, 0.25) is 0 Å². The summed E-state index contributed by atoms with van der Waals surface area (Å²) in [6, 6.07) is 0.121. The van der Waals surface area contributed by atoms with Crippen LogP contribution in [0.1, 0.15) is 38.5 Å². The Morgan fingerprint density at radius 3 is 2.73 bits per heavy atom. The highest BCUT2D eigenvalue weighted by molar-refractivity contribution is 5.77. The number of hydrogen-bond donors (Lipinski definition) is 2. The highest BCUT2D eigenvalue weighted by Gasteiger charge is 2.39. The fraction of sp³-hybridized carbons (Fsp3) is 0.818. The van der Waals surface area contributed by atoms with Crippen molar-refractivity contribution in [1.29, 1.82) is 0 Å². The molecular formula is C11H17NO3. The Hall–Kier alpha value is -1.06. The molecule has 0 radical (unpaired) electrons. The number of hydrogen-bond acceptors (Lipinski definition) is 2. The third-order valence-electron chi connectivity index (χ3n) is 3.38.